The molecule has 1 aromatic heterocycles. The van der Waals surface area contributed by atoms with Crippen molar-refractivity contribution >= 4 is 43.8 Å². The molecule has 168 valence electrons. The Bertz CT molecular complexity index is 1710. The fourth-order valence-corrected chi connectivity index (χ4v) is 5.50. The molecule has 6 rings (SSSR count). The lowest BCUT2D eigenvalue weighted by Gasteiger charge is -2.13. The van der Waals surface area contributed by atoms with Gasteiger partial charge in [0.2, 0.25) is 0 Å². The number of allylic oxidation sites excluding steroid dienone is 1. The molecule has 0 spiro atoms. The summed E-state index contributed by atoms with van der Waals surface area (Å²) < 4.78 is 3.49. The highest BCUT2D eigenvalue weighted by Gasteiger charge is 2.15. The lowest BCUT2D eigenvalue weighted by molar-refractivity contribution is 1.18. The maximum atomic E-state index is 3.75. The van der Waals surface area contributed by atoms with Gasteiger partial charge in [-0.3, -0.25) is 0 Å². The Labute approximate surface area is 214 Å². The van der Waals surface area contributed by atoms with Crippen molar-refractivity contribution in [2.45, 2.75) is 6.92 Å². The van der Waals surface area contributed by atoms with Crippen molar-refractivity contribution in [1.82, 2.24) is 4.57 Å². The van der Waals surface area contributed by atoms with Crippen LogP contribution in [0.3, 0.4) is 0 Å². The molecule has 0 unspecified atom stereocenters. The monoisotopic (exact) mass is 513 g/mol. The van der Waals surface area contributed by atoms with Crippen molar-refractivity contribution in [2.24, 2.45) is 0 Å². The van der Waals surface area contributed by atoms with E-state index in [1.807, 2.05) is 0 Å². The third kappa shape index (κ3) is 3.80. The summed E-state index contributed by atoms with van der Waals surface area (Å²) in [6.45, 7) is 2.06. The second kappa shape index (κ2) is 9.05. The summed E-state index contributed by atoms with van der Waals surface area (Å²) in [5, 5.41) is 2.53. The van der Waals surface area contributed by atoms with E-state index in [9.17, 15) is 0 Å². The number of para-hydroxylation sites is 1. The van der Waals surface area contributed by atoms with Crippen LogP contribution in [-0.2, 0) is 0 Å². The molecule has 0 bridgehead atoms. The summed E-state index contributed by atoms with van der Waals surface area (Å²) in [7, 11) is 0. The molecule has 0 fully saturated rings. The average Bonchev–Trinajstić information content (AvgIpc) is 3.22. The molecule has 5 aromatic carbocycles. The first-order valence-corrected chi connectivity index (χ1v) is 12.6. The van der Waals surface area contributed by atoms with Gasteiger partial charge >= 0.3 is 0 Å². The molecule has 0 aliphatic heterocycles. The Hall–Kier alpha value is -3.88. The van der Waals surface area contributed by atoms with Crippen LogP contribution in [0.4, 0.5) is 0 Å². The second-order valence-corrected chi connectivity index (χ2v) is 9.56. The van der Waals surface area contributed by atoms with Crippen molar-refractivity contribution in [3.8, 4) is 27.9 Å². The standard InChI is InChI=1S/C33H24BrN/c1-2-10-23-17-19-29-30-20-18-24(22-33(30)35(32(29)21-23)25-11-4-3-5-12-25)26-13-6-7-14-27(26)28-15-8-9-16-31(28)34/h2-22H,1H3/b10-2+. The van der Waals surface area contributed by atoms with E-state index in [1.165, 1.54) is 55.3 Å². The Kier molecular flexibility index (Phi) is 5.60. The predicted molar refractivity (Wildman–Crippen MR) is 154 cm³/mol. The zero-order valence-electron chi connectivity index (χ0n) is 19.4. The number of hydrogen-bond acceptors (Lipinski definition) is 0. The van der Waals surface area contributed by atoms with Gasteiger partial charge in [-0.05, 0) is 65.1 Å². The third-order valence-corrected chi connectivity index (χ3v) is 7.26. The van der Waals surface area contributed by atoms with E-state index in [2.05, 4.69) is 155 Å². The molecule has 1 heterocycles. The van der Waals surface area contributed by atoms with E-state index in [0.717, 1.165) is 4.47 Å². The molecule has 0 amide bonds. The van der Waals surface area contributed by atoms with Crippen molar-refractivity contribution < 1.29 is 0 Å². The molecule has 0 N–H and O–H groups in total. The quantitative estimate of drug-likeness (QED) is 0.221. The average molecular weight is 514 g/mol. The van der Waals surface area contributed by atoms with E-state index in [4.69, 9.17) is 0 Å². The highest BCUT2D eigenvalue weighted by molar-refractivity contribution is 9.10. The van der Waals surface area contributed by atoms with E-state index in [1.54, 1.807) is 0 Å². The van der Waals surface area contributed by atoms with Gasteiger partial charge in [0.1, 0.15) is 0 Å². The van der Waals surface area contributed by atoms with Crippen molar-refractivity contribution in [3.05, 3.63) is 131 Å². The number of nitrogens with zero attached hydrogens (tertiary/aromatic N) is 1. The van der Waals surface area contributed by atoms with Gasteiger partial charge in [-0.2, -0.15) is 0 Å². The van der Waals surface area contributed by atoms with Crippen LogP contribution in [0.5, 0.6) is 0 Å². The summed E-state index contributed by atoms with van der Waals surface area (Å²) in [4.78, 5) is 0. The molecule has 0 aliphatic carbocycles. The molecule has 0 saturated carbocycles. The van der Waals surface area contributed by atoms with Crippen LogP contribution in [-0.4, -0.2) is 4.57 Å². The lowest BCUT2D eigenvalue weighted by Crippen LogP contribution is -1.94. The molecule has 6 aromatic rings. The Morgan fingerprint density at radius 2 is 1.23 bits per heavy atom. The summed E-state index contributed by atoms with van der Waals surface area (Å²) in [5.41, 5.74) is 9.65. The number of hydrogen-bond donors (Lipinski definition) is 0. The Balaban J connectivity index is 1.65. The van der Waals surface area contributed by atoms with E-state index in [-0.39, 0.29) is 0 Å². The van der Waals surface area contributed by atoms with E-state index >= 15 is 0 Å². The molecule has 2 heteroatoms. The Morgan fingerprint density at radius 1 is 0.600 bits per heavy atom. The molecule has 1 nitrogen and oxygen atoms in total. The largest absolute Gasteiger partial charge is 0.309 e. The van der Waals surface area contributed by atoms with Crippen LogP contribution in [0.15, 0.2) is 126 Å². The predicted octanol–water partition coefficient (Wildman–Crippen LogP) is 9.91. The Morgan fingerprint density at radius 3 is 1.97 bits per heavy atom. The zero-order valence-corrected chi connectivity index (χ0v) is 21.0. The normalized spacial score (nSPS) is 11.6. The minimum absolute atomic E-state index is 1.10. The topological polar surface area (TPSA) is 4.93 Å². The number of benzene rings is 5. The smallest absolute Gasteiger partial charge is 0.0547 e. The highest BCUT2D eigenvalue weighted by Crippen LogP contribution is 2.39. The van der Waals surface area contributed by atoms with Gasteiger partial charge < -0.3 is 4.57 Å². The second-order valence-electron chi connectivity index (χ2n) is 8.70. The first-order valence-electron chi connectivity index (χ1n) is 11.9. The van der Waals surface area contributed by atoms with Gasteiger partial charge in [-0.1, -0.05) is 113 Å². The van der Waals surface area contributed by atoms with Gasteiger partial charge in [-0.15, -0.1) is 0 Å². The van der Waals surface area contributed by atoms with Crippen LogP contribution in [0, 0.1) is 0 Å². The van der Waals surface area contributed by atoms with E-state index < -0.39 is 0 Å². The molecular weight excluding hydrogens is 490 g/mol. The minimum atomic E-state index is 1.10. The summed E-state index contributed by atoms with van der Waals surface area (Å²) >= 11 is 3.75. The SMILES string of the molecule is C/C=C/c1ccc2c3ccc(-c4ccccc4-c4ccccc4Br)cc3n(-c3ccccc3)c2c1. The maximum absolute atomic E-state index is 3.75. The third-order valence-electron chi connectivity index (χ3n) is 6.57. The van der Waals surface area contributed by atoms with Gasteiger partial charge in [0, 0.05) is 20.9 Å². The maximum Gasteiger partial charge on any atom is 0.0547 e. The summed E-state index contributed by atoms with van der Waals surface area (Å²) in [6.07, 6.45) is 4.25. The summed E-state index contributed by atoms with van der Waals surface area (Å²) in [5.74, 6) is 0. The van der Waals surface area contributed by atoms with Crippen LogP contribution in [0.25, 0.3) is 55.8 Å². The fraction of sp³-hybridized carbons (Fsp3) is 0.0303. The number of rotatable bonds is 4. The highest BCUT2D eigenvalue weighted by atomic mass is 79.9. The lowest BCUT2D eigenvalue weighted by atomic mass is 9.94. The van der Waals surface area contributed by atoms with Crippen molar-refractivity contribution in [3.63, 3.8) is 0 Å². The van der Waals surface area contributed by atoms with Gasteiger partial charge in [0.25, 0.3) is 0 Å². The van der Waals surface area contributed by atoms with Crippen LogP contribution in [0.1, 0.15) is 12.5 Å². The molecule has 35 heavy (non-hydrogen) atoms. The van der Waals surface area contributed by atoms with Gasteiger partial charge in [0.05, 0.1) is 11.0 Å². The fourth-order valence-electron chi connectivity index (χ4n) is 5.00. The van der Waals surface area contributed by atoms with E-state index in [0.29, 0.717) is 0 Å². The van der Waals surface area contributed by atoms with Crippen LogP contribution < -0.4 is 0 Å². The minimum Gasteiger partial charge on any atom is -0.309 e. The first kappa shape index (κ1) is 21.6. The van der Waals surface area contributed by atoms with Crippen molar-refractivity contribution in [2.75, 3.05) is 0 Å². The summed E-state index contributed by atoms with van der Waals surface area (Å²) in [6, 6.07) is 41.3. The van der Waals surface area contributed by atoms with Gasteiger partial charge in [-0.25, -0.2) is 0 Å². The van der Waals surface area contributed by atoms with Crippen LogP contribution >= 0.6 is 15.9 Å². The van der Waals surface area contributed by atoms with Gasteiger partial charge in [0.15, 0.2) is 0 Å². The molecular formula is C33H24BrN. The number of aromatic nitrogens is 1. The molecule has 0 aliphatic rings. The molecule has 0 saturated heterocycles. The van der Waals surface area contributed by atoms with Crippen LogP contribution in [0.2, 0.25) is 0 Å². The first-order chi connectivity index (χ1) is 17.2. The van der Waals surface area contributed by atoms with Crippen molar-refractivity contribution in [1.29, 1.82) is 0 Å². The number of halogens is 1. The molecule has 0 atom stereocenters. The number of fused-ring (bicyclic) bond motifs is 3. The zero-order chi connectivity index (χ0) is 23.8. The molecule has 0 radical (unpaired) electrons.